The van der Waals surface area contributed by atoms with Crippen molar-refractivity contribution in [3.8, 4) is 22.9 Å². The van der Waals surface area contributed by atoms with Crippen LogP contribution in [0.4, 0.5) is 10.3 Å². The van der Waals surface area contributed by atoms with Gasteiger partial charge in [0, 0.05) is 25.0 Å². The second-order valence-corrected chi connectivity index (χ2v) is 9.60. The first-order valence-corrected chi connectivity index (χ1v) is 13.4. The van der Waals surface area contributed by atoms with Gasteiger partial charge in [-0.05, 0) is 60.8 Å². The van der Waals surface area contributed by atoms with Crippen LogP contribution in [0.2, 0.25) is 0 Å². The first kappa shape index (κ1) is 25.7. The molecule has 4 aromatic rings. The van der Waals surface area contributed by atoms with Gasteiger partial charge >= 0.3 is 0 Å². The third-order valence-corrected chi connectivity index (χ3v) is 6.67. The third-order valence-electron chi connectivity index (χ3n) is 6.20. The molecule has 1 fully saturated rings. The number of piperidine rings is 1. The zero-order valence-electron chi connectivity index (χ0n) is 20.4. The number of rotatable bonds is 9. The van der Waals surface area contributed by atoms with Crippen LogP contribution in [0.25, 0.3) is 11.3 Å². The van der Waals surface area contributed by atoms with Crippen molar-refractivity contribution in [2.45, 2.75) is 24.9 Å². The summed E-state index contributed by atoms with van der Waals surface area (Å²) < 4.78 is 46.5. The highest BCUT2D eigenvalue weighted by atomic mass is 32.2. The lowest BCUT2D eigenvalue weighted by Crippen LogP contribution is -2.38. The zero-order chi connectivity index (χ0) is 26.3. The molecule has 0 aliphatic carbocycles. The molecule has 0 unspecified atom stereocenters. The minimum atomic E-state index is -2.92. The van der Waals surface area contributed by atoms with Crippen LogP contribution in [-0.4, -0.2) is 42.5 Å². The number of halogens is 1. The van der Waals surface area contributed by atoms with Crippen LogP contribution in [0, 0.1) is 5.82 Å². The first-order valence-electron chi connectivity index (χ1n) is 12.3. The summed E-state index contributed by atoms with van der Waals surface area (Å²) >= 11 is 0. The number of hydrogen-bond donors (Lipinski definition) is 4. The molecule has 196 valence electrons. The van der Waals surface area contributed by atoms with Crippen LogP contribution in [0.5, 0.6) is 11.6 Å². The number of anilines is 1. The van der Waals surface area contributed by atoms with Crippen molar-refractivity contribution >= 4 is 16.8 Å². The standard InChI is InChI=1S/C27H27FN6O3S/c28-22-16-19(25(34-38(35)36)18-6-2-1-3-7-18)10-11-24(22)37-26-21(9-5-14-30-26)23-12-15-31-27(33-23)32-20-8-4-13-29-17-20/h1-3,5-7,9-12,14-16,20,25,29,38H,4,8,13,17H2,(H,31,32,33)(H,34,35,36)/t20-,25-/m0/s1. The van der Waals surface area contributed by atoms with Gasteiger partial charge in [0.1, 0.15) is 0 Å². The van der Waals surface area contributed by atoms with Crippen LogP contribution < -0.4 is 20.1 Å². The molecule has 1 aliphatic rings. The van der Waals surface area contributed by atoms with E-state index in [4.69, 9.17) is 4.74 Å². The lowest BCUT2D eigenvalue weighted by Gasteiger charge is -2.23. The van der Waals surface area contributed by atoms with Crippen LogP contribution in [-0.2, 0) is 10.9 Å². The van der Waals surface area contributed by atoms with Crippen LogP contribution >= 0.6 is 0 Å². The number of pyridine rings is 1. The average Bonchev–Trinajstić information content (AvgIpc) is 2.94. The Morgan fingerprint density at radius 2 is 1.87 bits per heavy atom. The van der Waals surface area contributed by atoms with E-state index in [1.54, 1.807) is 60.9 Å². The number of benzene rings is 2. The SMILES string of the molecule is O=[SH](=O)N[C@@H](c1ccccc1)c1ccc(Oc2ncccc2-c2ccnc(N[C@H]3CCCNC3)n2)c(F)c1. The average molecular weight is 535 g/mol. The molecule has 2 aromatic heterocycles. The summed E-state index contributed by atoms with van der Waals surface area (Å²) in [5.41, 5.74) is 2.28. The second kappa shape index (κ2) is 12.1. The van der Waals surface area contributed by atoms with E-state index < -0.39 is 22.7 Å². The Kier molecular flexibility index (Phi) is 8.17. The van der Waals surface area contributed by atoms with E-state index in [2.05, 4.69) is 30.3 Å². The molecular weight excluding hydrogens is 507 g/mol. The summed E-state index contributed by atoms with van der Waals surface area (Å²) in [6.45, 7) is 1.85. The lowest BCUT2D eigenvalue weighted by atomic mass is 9.99. The fourth-order valence-corrected chi connectivity index (χ4v) is 4.89. The fraction of sp³-hybridized carbons (Fsp3) is 0.222. The summed E-state index contributed by atoms with van der Waals surface area (Å²) in [6.07, 6.45) is 5.33. The molecule has 0 amide bonds. The van der Waals surface area contributed by atoms with Gasteiger partial charge in [-0.25, -0.2) is 32.5 Å². The van der Waals surface area contributed by atoms with Crippen molar-refractivity contribution in [3.63, 3.8) is 0 Å². The molecule has 5 rings (SSSR count). The van der Waals surface area contributed by atoms with E-state index in [1.165, 1.54) is 12.1 Å². The summed E-state index contributed by atoms with van der Waals surface area (Å²) in [5.74, 6) is -0.0216. The minimum absolute atomic E-state index is 0.0484. The number of ether oxygens (including phenoxy) is 1. The van der Waals surface area contributed by atoms with Crippen LogP contribution in [0.15, 0.2) is 79.1 Å². The van der Waals surface area contributed by atoms with Gasteiger partial charge in [0.05, 0.1) is 17.3 Å². The molecule has 0 radical (unpaired) electrons. The summed E-state index contributed by atoms with van der Waals surface area (Å²) in [6, 6.07) is 18.1. The normalized spacial score (nSPS) is 16.2. The summed E-state index contributed by atoms with van der Waals surface area (Å²) in [4.78, 5) is 13.3. The monoisotopic (exact) mass is 534 g/mol. The molecule has 0 saturated carbocycles. The van der Waals surface area contributed by atoms with Crippen LogP contribution in [0.1, 0.15) is 30.0 Å². The van der Waals surface area contributed by atoms with Crippen molar-refractivity contribution in [3.05, 3.63) is 96.1 Å². The van der Waals surface area contributed by atoms with Gasteiger partial charge < -0.3 is 15.4 Å². The molecule has 38 heavy (non-hydrogen) atoms. The van der Waals surface area contributed by atoms with Gasteiger partial charge in [0.15, 0.2) is 11.6 Å². The Morgan fingerprint density at radius 1 is 1.00 bits per heavy atom. The molecule has 3 heterocycles. The van der Waals surface area contributed by atoms with Crippen LogP contribution in [0.3, 0.4) is 0 Å². The van der Waals surface area contributed by atoms with Gasteiger partial charge in [0.25, 0.3) is 0 Å². The smallest absolute Gasteiger partial charge is 0.228 e. The van der Waals surface area contributed by atoms with Gasteiger partial charge in [-0.15, -0.1) is 0 Å². The largest absolute Gasteiger partial charge is 0.435 e. The van der Waals surface area contributed by atoms with E-state index >= 15 is 4.39 Å². The molecule has 2 aromatic carbocycles. The second-order valence-electron chi connectivity index (χ2n) is 8.83. The van der Waals surface area contributed by atoms with E-state index in [0.717, 1.165) is 25.9 Å². The van der Waals surface area contributed by atoms with Gasteiger partial charge in [-0.3, -0.25) is 0 Å². The highest BCUT2D eigenvalue weighted by Gasteiger charge is 2.19. The van der Waals surface area contributed by atoms with Gasteiger partial charge in [0.2, 0.25) is 22.7 Å². The fourth-order valence-electron chi connectivity index (χ4n) is 4.38. The quantitative estimate of drug-likeness (QED) is 0.239. The maximum Gasteiger partial charge on any atom is 0.228 e. The maximum atomic E-state index is 15.2. The minimum Gasteiger partial charge on any atom is -0.435 e. The molecule has 11 heteroatoms. The molecule has 9 nitrogen and oxygen atoms in total. The van der Waals surface area contributed by atoms with Crippen molar-refractivity contribution in [1.29, 1.82) is 0 Å². The maximum absolute atomic E-state index is 15.2. The van der Waals surface area contributed by atoms with Crippen molar-refractivity contribution in [2.24, 2.45) is 0 Å². The Morgan fingerprint density at radius 3 is 2.63 bits per heavy atom. The van der Waals surface area contributed by atoms with Crippen molar-refractivity contribution < 1.29 is 17.5 Å². The van der Waals surface area contributed by atoms with E-state index in [9.17, 15) is 8.42 Å². The number of nitrogens with zero attached hydrogens (tertiary/aromatic N) is 3. The molecular formula is C27H27FN6O3S. The highest BCUT2D eigenvalue weighted by Crippen LogP contribution is 2.33. The molecule has 1 saturated heterocycles. The molecule has 3 N–H and O–H groups in total. The number of aromatic nitrogens is 3. The predicted molar refractivity (Wildman–Crippen MR) is 143 cm³/mol. The number of hydrogen-bond acceptors (Lipinski definition) is 8. The number of nitrogens with one attached hydrogen (secondary N) is 3. The molecule has 0 bridgehead atoms. The zero-order valence-corrected chi connectivity index (χ0v) is 21.3. The lowest BCUT2D eigenvalue weighted by molar-refractivity contribution is 0.428. The topological polar surface area (TPSA) is 118 Å². The highest BCUT2D eigenvalue weighted by molar-refractivity contribution is 7.70. The van der Waals surface area contributed by atoms with Crippen molar-refractivity contribution in [1.82, 2.24) is 25.0 Å². The molecule has 2 atom stereocenters. The Labute approximate surface area is 221 Å². The van der Waals surface area contributed by atoms with E-state index in [-0.39, 0.29) is 17.7 Å². The van der Waals surface area contributed by atoms with E-state index in [0.29, 0.717) is 28.3 Å². The molecule has 1 aliphatic heterocycles. The summed E-state index contributed by atoms with van der Waals surface area (Å²) in [7, 11) is -2.92. The van der Waals surface area contributed by atoms with Crippen molar-refractivity contribution in [2.75, 3.05) is 18.4 Å². The van der Waals surface area contributed by atoms with E-state index in [1.807, 2.05) is 6.07 Å². The Hall–Kier alpha value is -3.93. The van der Waals surface area contributed by atoms with Gasteiger partial charge in [-0.1, -0.05) is 36.4 Å². The Balaban J connectivity index is 1.39. The Bertz CT molecular complexity index is 1460. The number of thiol groups is 1. The molecule has 0 spiro atoms. The first-order chi connectivity index (χ1) is 18.6. The van der Waals surface area contributed by atoms with Gasteiger partial charge in [-0.2, -0.15) is 0 Å². The predicted octanol–water partition coefficient (Wildman–Crippen LogP) is 3.84. The third kappa shape index (κ3) is 6.31. The summed E-state index contributed by atoms with van der Waals surface area (Å²) in [5, 5.41) is 6.71.